The first-order valence-corrected chi connectivity index (χ1v) is 20.7. The molecule has 0 aromatic rings. The molecule has 0 saturated carbocycles. The molecule has 0 radical (unpaired) electrons. The van der Waals surface area contributed by atoms with E-state index in [0.717, 1.165) is 25.7 Å². The Labute approximate surface area is 276 Å². The normalized spacial score (nSPS) is 11.3. The summed E-state index contributed by atoms with van der Waals surface area (Å²) in [6.07, 6.45) is 36.7. The second kappa shape index (κ2) is 36.6. The number of hydrogen-bond donors (Lipinski definition) is 0. The minimum absolute atomic E-state index is 0.152. The van der Waals surface area contributed by atoms with E-state index in [-0.39, 0.29) is 36.3 Å². The van der Waals surface area contributed by atoms with Gasteiger partial charge in [-0.3, -0.25) is 13.8 Å². The second-order valence-corrected chi connectivity index (χ2v) is 14.7. The van der Waals surface area contributed by atoms with Crippen LogP contribution in [0.4, 0.5) is 0 Å². The summed E-state index contributed by atoms with van der Waals surface area (Å²) < 4.78 is 22.8. The highest BCUT2D eigenvalue weighted by molar-refractivity contribution is 7.85. The molecule has 0 fully saturated rings. The van der Waals surface area contributed by atoms with Gasteiger partial charge in [0.05, 0.1) is 26.1 Å². The lowest BCUT2D eigenvalue weighted by Crippen LogP contribution is -2.15. The molecule has 0 amide bonds. The molecule has 5 nitrogen and oxygen atoms in total. The van der Waals surface area contributed by atoms with Gasteiger partial charge in [-0.05, 0) is 12.8 Å². The van der Waals surface area contributed by atoms with E-state index in [1.807, 2.05) is 0 Å². The summed E-state index contributed by atoms with van der Waals surface area (Å²) in [5.74, 6) is -0.0602. The van der Waals surface area contributed by atoms with Crippen molar-refractivity contribution in [2.45, 2.75) is 206 Å². The Morgan fingerprint density at radius 1 is 0.386 bits per heavy atom. The van der Waals surface area contributed by atoms with Crippen molar-refractivity contribution in [2.75, 3.05) is 24.7 Å². The molecule has 0 atom stereocenters. The van der Waals surface area contributed by atoms with E-state index >= 15 is 0 Å². The summed E-state index contributed by atoms with van der Waals surface area (Å²) in [6.45, 7) is 5.44. The third-order valence-electron chi connectivity index (χ3n) is 8.59. The zero-order chi connectivity index (χ0) is 32.2. The van der Waals surface area contributed by atoms with Crippen LogP contribution in [0.15, 0.2) is 0 Å². The minimum atomic E-state index is -1.20. The minimum Gasteiger partial charge on any atom is -0.466 e. The molecule has 0 aromatic heterocycles. The molecular formula is C38H74O5S. The molecule has 0 unspecified atom stereocenters. The molecule has 6 heteroatoms. The Balaban J connectivity index is 3.38. The Morgan fingerprint density at radius 3 is 0.864 bits per heavy atom. The number of unbranched alkanes of at least 4 members (excludes halogenated alkanes) is 26. The SMILES string of the molecule is CCCCCCCCCCCCCCCCOC(=O)CCS(=O)CCC(=O)OCCCCCCCCCCCCCCCC. The van der Waals surface area contributed by atoms with Crippen LogP contribution < -0.4 is 0 Å². The highest BCUT2D eigenvalue weighted by Crippen LogP contribution is 2.14. The zero-order valence-electron chi connectivity index (χ0n) is 29.5. The molecule has 0 bridgehead atoms. The van der Waals surface area contributed by atoms with Crippen molar-refractivity contribution in [2.24, 2.45) is 0 Å². The van der Waals surface area contributed by atoms with Crippen LogP contribution in [0.1, 0.15) is 206 Å². The Hall–Kier alpha value is -0.910. The first kappa shape index (κ1) is 43.1. The Kier molecular flexibility index (Phi) is 35.8. The first-order valence-electron chi connectivity index (χ1n) is 19.3. The fourth-order valence-electron chi connectivity index (χ4n) is 5.61. The second-order valence-electron chi connectivity index (χ2n) is 13.0. The average Bonchev–Trinajstić information content (AvgIpc) is 3.02. The maximum Gasteiger partial charge on any atom is 0.306 e. The lowest BCUT2D eigenvalue weighted by atomic mass is 10.0. The van der Waals surface area contributed by atoms with Gasteiger partial charge in [0.25, 0.3) is 0 Å². The predicted octanol–water partition coefficient (Wildman–Crippen LogP) is 11.6. The monoisotopic (exact) mass is 643 g/mol. The third kappa shape index (κ3) is 35.6. The number of esters is 2. The van der Waals surface area contributed by atoms with E-state index in [1.165, 1.54) is 154 Å². The maximum atomic E-state index is 12.2. The fourth-order valence-corrected chi connectivity index (χ4v) is 6.60. The summed E-state index contributed by atoms with van der Waals surface area (Å²) in [7, 11) is -1.20. The number of ether oxygens (including phenoxy) is 2. The van der Waals surface area contributed by atoms with E-state index in [0.29, 0.717) is 13.2 Å². The van der Waals surface area contributed by atoms with Crippen molar-refractivity contribution in [1.29, 1.82) is 0 Å². The number of carbonyl (C=O) groups is 2. The lowest BCUT2D eigenvalue weighted by Gasteiger charge is -2.07. The molecule has 262 valence electrons. The molecule has 0 spiro atoms. The van der Waals surface area contributed by atoms with E-state index in [1.54, 1.807) is 0 Å². The van der Waals surface area contributed by atoms with Crippen molar-refractivity contribution in [3.05, 3.63) is 0 Å². The van der Waals surface area contributed by atoms with Crippen LogP contribution in [0.3, 0.4) is 0 Å². The van der Waals surface area contributed by atoms with Gasteiger partial charge in [-0.15, -0.1) is 0 Å². The van der Waals surface area contributed by atoms with Crippen molar-refractivity contribution in [3.8, 4) is 0 Å². The van der Waals surface area contributed by atoms with Gasteiger partial charge in [-0.25, -0.2) is 0 Å². The lowest BCUT2D eigenvalue weighted by molar-refractivity contribution is -0.144. The molecule has 0 heterocycles. The van der Waals surface area contributed by atoms with E-state index in [9.17, 15) is 13.8 Å². The number of carbonyl (C=O) groups excluding carboxylic acids is 2. The van der Waals surface area contributed by atoms with Gasteiger partial charge < -0.3 is 9.47 Å². The average molecular weight is 643 g/mol. The zero-order valence-corrected chi connectivity index (χ0v) is 30.3. The first-order chi connectivity index (χ1) is 21.6. The molecule has 0 saturated heterocycles. The van der Waals surface area contributed by atoms with Gasteiger partial charge in [0, 0.05) is 22.3 Å². The molecule has 44 heavy (non-hydrogen) atoms. The van der Waals surface area contributed by atoms with Gasteiger partial charge in [-0.2, -0.15) is 0 Å². The highest BCUT2D eigenvalue weighted by atomic mass is 32.2. The summed E-state index contributed by atoms with van der Waals surface area (Å²) in [6, 6.07) is 0. The Bertz CT molecular complexity index is 587. The van der Waals surface area contributed by atoms with Crippen LogP contribution in [0, 0.1) is 0 Å². The molecule has 0 aliphatic carbocycles. The maximum absolute atomic E-state index is 12.2. The van der Waals surface area contributed by atoms with Gasteiger partial charge in [0.1, 0.15) is 0 Å². The molecule has 0 aliphatic rings. The van der Waals surface area contributed by atoms with Gasteiger partial charge >= 0.3 is 11.9 Å². The van der Waals surface area contributed by atoms with E-state index in [2.05, 4.69) is 13.8 Å². The number of hydrogen-bond acceptors (Lipinski definition) is 5. The fraction of sp³-hybridized carbons (Fsp3) is 0.947. The van der Waals surface area contributed by atoms with Crippen molar-refractivity contribution in [1.82, 2.24) is 0 Å². The van der Waals surface area contributed by atoms with Crippen molar-refractivity contribution >= 4 is 22.7 Å². The summed E-state index contributed by atoms with van der Waals surface area (Å²) in [4.78, 5) is 23.9. The smallest absolute Gasteiger partial charge is 0.306 e. The van der Waals surface area contributed by atoms with Crippen LogP contribution in [-0.4, -0.2) is 40.9 Å². The summed E-state index contributed by atoms with van der Waals surface area (Å²) in [5, 5.41) is 0. The van der Waals surface area contributed by atoms with Crippen LogP contribution in [-0.2, 0) is 29.9 Å². The quantitative estimate of drug-likeness (QED) is 0.0502. The van der Waals surface area contributed by atoms with Crippen LogP contribution in [0.25, 0.3) is 0 Å². The highest BCUT2D eigenvalue weighted by Gasteiger charge is 2.10. The third-order valence-corrected chi connectivity index (χ3v) is 9.91. The largest absolute Gasteiger partial charge is 0.466 e. The summed E-state index contributed by atoms with van der Waals surface area (Å²) in [5.41, 5.74) is 0. The predicted molar refractivity (Wildman–Crippen MR) is 190 cm³/mol. The van der Waals surface area contributed by atoms with Crippen molar-refractivity contribution in [3.63, 3.8) is 0 Å². The standard InChI is InChI=1S/C38H74O5S/c1-3-5-7-9-11-13-15-17-19-21-23-25-27-29-33-42-37(39)31-35-44(41)36-32-38(40)43-34-30-28-26-24-22-20-18-16-14-12-10-8-6-4-2/h3-36H2,1-2H3. The molecule has 0 N–H and O–H groups in total. The van der Waals surface area contributed by atoms with Crippen LogP contribution >= 0.6 is 0 Å². The summed E-state index contributed by atoms with van der Waals surface area (Å²) >= 11 is 0. The van der Waals surface area contributed by atoms with E-state index in [4.69, 9.17) is 9.47 Å². The number of rotatable bonds is 36. The van der Waals surface area contributed by atoms with Gasteiger partial charge in [0.2, 0.25) is 0 Å². The molecule has 0 aliphatic heterocycles. The molecular weight excluding hydrogens is 568 g/mol. The van der Waals surface area contributed by atoms with E-state index < -0.39 is 10.8 Å². The van der Waals surface area contributed by atoms with Gasteiger partial charge in [-0.1, -0.05) is 181 Å². The van der Waals surface area contributed by atoms with Gasteiger partial charge in [0.15, 0.2) is 0 Å². The Morgan fingerprint density at radius 2 is 0.614 bits per heavy atom. The molecule has 0 rings (SSSR count). The molecule has 0 aromatic carbocycles. The van der Waals surface area contributed by atoms with Crippen molar-refractivity contribution < 1.29 is 23.3 Å². The van der Waals surface area contributed by atoms with Crippen LogP contribution in [0.2, 0.25) is 0 Å². The van der Waals surface area contributed by atoms with Crippen LogP contribution in [0.5, 0.6) is 0 Å². The topological polar surface area (TPSA) is 69.7 Å².